The minimum Gasteiger partial charge on any atom is -0.497 e. The molecule has 0 spiro atoms. The number of nitrogens with zero attached hydrogens (tertiary/aromatic N) is 2. The number of carbonyl (C=O) groups excluding carboxylic acids is 1. The molecule has 24 heavy (non-hydrogen) atoms. The van der Waals surface area contributed by atoms with Gasteiger partial charge < -0.3 is 15.0 Å². The molecule has 0 saturated carbocycles. The largest absolute Gasteiger partial charge is 0.497 e. The summed E-state index contributed by atoms with van der Waals surface area (Å²) in [6.07, 6.45) is 0. The van der Waals surface area contributed by atoms with Crippen LogP contribution in [0.3, 0.4) is 0 Å². The molecule has 1 aromatic heterocycles. The van der Waals surface area contributed by atoms with E-state index in [-0.39, 0.29) is 17.4 Å². The first-order valence-electron chi connectivity index (χ1n) is 8.29. The Balaban J connectivity index is 1.74. The number of rotatable bonds is 3. The number of aryl methyl sites for hydroxylation is 1. The van der Waals surface area contributed by atoms with Gasteiger partial charge in [0.15, 0.2) is 0 Å². The first-order chi connectivity index (χ1) is 11.3. The van der Waals surface area contributed by atoms with Gasteiger partial charge in [-0.3, -0.25) is 4.79 Å². The zero-order valence-electron chi connectivity index (χ0n) is 15.0. The Morgan fingerprint density at radius 3 is 2.62 bits per heavy atom. The molecule has 1 amide bonds. The first-order valence-corrected chi connectivity index (χ1v) is 8.29. The van der Waals surface area contributed by atoms with E-state index in [0.717, 1.165) is 35.6 Å². The van der Waals surface area contributed by atoms with Crippen molar-refractivity contribution in [2.45, 2.75) is 33.7 Å². The minimum absolute atomic E-state index is 0.0968. The predicted molar refractivity (Wildman–Crippen MR) is 96.6 cm³/mol. The molecule has 1 fully saturated rings. The Bertz CT molecular complexity index is 774. The average Bonchev–Trinajstić information content (AvgIpc) is 2.48. The summed E-state index contributed by atoms with van der Waals surface area (Å²) in [6, 6.07) is 8.27. The van der Waals surface area contributed by atoms with Crippen molar-refractivity contribution in [1.29, 1.82) is 0 Å². The maximum absolute atomic E-state index is 12.1. The van der Waals surface area contributed by atoms with E-state index in [2.05, 4.69) is 23.2 Å². The van der Waals surface area contributed by atoms with Gasteiger partial charge in [-0.25, -0.2) is 4.98 Å². The summed E-state index contributed by atoms with van der Waals surface area (Å²) < 4.78 is 5.29. The number of hydrogen-bond acceptors (Lipinski definition) is 4. The SMILES string of the molecule is COc1ccc2c(C)cc(N3CC(NC(=O)C(C)(C)C)C3)nc2c1. The lowest BCUT2D eigenvalue weighted by Crippen LogP contribution is -2.61. The Morgan fingerprint density at radius 1 is 1.29 bits per heavy atom. The molecule has 1 aliphatic heterocycles. The normalized spacial score (nSPS) is 15.3. The third kappa shape index (κ3) is 3.16. The van der Waals surface area contributed by atoms with Gasteiger partial charge in [-0.15, -0.1) is 0 Å². The van der Waals surface area contributed by atoms with Crippen molar-refractivity contribution in [1.82, 2.24) is 10.3 Å². The number of hydrogen-bond donors (Lipinski definition) is 1. The second kappa shape index (κ2) is 5.96. The monoisotopic (exact) mass is 327 g/mol. The molecule has 5 nitrogen and oxygen atoms in total. The van der Waals surface area contributed by atoms with Crippen LogP contribution in [0.1, 0.15) is 26.3 Å². The number of ether oxygens (including phenoxy) is 1. The summed E-state index contributed by atoms with van der Waals surface area (Å²) in [4.78, 5) is 19.0. The number of aromatic nitrogens is 1. The molecule has 0 aliphatic carbocycles. The standard InChI is InChI=1S/C19H25N3O2/c1-12-8-17(21-16-9-14(24-5)6-7-15(12)16)22-10-13(11-22)20-18(23)19(2,3)4/h6-9,13H,10-11H2,1-5H3,(H,20,23). The maximum Gasteiger partial charge on any atom is 0.225 e. The van der Waals surface area contributed by atoms with Crippen molar-refractivity contribution >= 4 is 22.6 Å². The molecule has 0 atom stereocenters. The molecule has 0 bridgehead atoms. The fourth-order valence-corrected chi connectivity index (χ4v) is 2.81. The lowest BCUT2D eigenvalue weighted by atomic mass is 9.94. The van der Waals surface area contributed by atoms with E-state index in [9.17, 15) is 4.79 Å². The van der Waals surface area contributed by atoms with Crippen LogP contribution in [0.25, 0.3) is 10.9 Å². The number of anilines is 1. The van der Waals surface area contributed by atoms with E-state index < -0.39 is 0 Å². The summed E-state index contributed by atoms with van der Waals surface area (Å²) in [5.41, 5.74) is 1.78. The number of fused-ring (bicyclic) bond motifs is 1. The minimum atomic E-state index is -0.352. The van der Waals surface area contributed by atoms with E-state index in [1.54, 1.807) is 7.11 Å². The second-order valence-electron chi connectivity index (χ2n) is 7.51. The van der Waals surface area contributed by atoms with Crippen LogP contribution in [-0.2, 0) is 4.79 Å². The summed E-state index contributed by atoms with van der Waals surface area (Å²) in [6.45, 7) is 9.48. The van der Waals surface area contributed by atoms with E-state index in [0.29, 0.717) is 0 Å². The van der Waals surface area contributed by atoms with Gasteiger partial charge >= 0.3 is 0 Å². The average molecular weight is 327 g/mol. The zero-order valence-corrected chi connectivity index (χ0v) is 15.0. The topological polar surface area (TPSA) is 54.5 Å². The lowest BCUT2D eigenvalue weighted by molar-refractivity contribution is -0.129. The first kappa shape index (κ1) is 16.6. The Labute approximate surface area is 143 Å². The van der Waals surface area contributed by atoms with Crippen molar-refractivity contribution in [3.8, 4) is 5.75 Å². The Hall–Kier alpha value is -2.30. The van der Waals surface area contributed by atoms with Gasteiger partial charge in [-0.2, -0.15) is 0 Å². The summed E-state index contributed by atoms with van der Waals surface area (Å²) in [5.74, 6) is 1.86. The highest BCUT2D eigenvalue weighted by molar-refractivity contribution is 5.85. The molecule has 1 saturated heterocycles. The van der Waals surface area contributed by atoms with Crippen LogP contribution in [0, 0.1) is 12.3 Å². The molecule has 1 N–H and O–H groups in total. The van der Waals surface area contributed by atoms with Gasteiger partial charge in [-0.1, -0.05) is 20.8 Å². The third-order valence-electron chi connectivity index (χ3n) is 4.43. The molecule has 3 rings (SSSR count). The molecule has 2 heterocycles. The number of methoxy groups -OCH3 is 1. The number of amides is 1. The van der Waals surface area contributed by atoms with Crippen LogP contribution in [-0.4, -0.2) is 37.1 Å². The van der Waals surface area contributed by atoms with Crippen molar-refractivity contribution in [2.24, 2.45) is 5.41 Å². The van der Waals surface area contributed by atoms with Gasteiger partial charge in [0.05, 0.1) is 18.7 Å². The number of nitrogens with one attached hydrogen (secondary N) is 1. The summed E-state index contributed by atoms with van der Waals surface area (Å²) in [7, 11) is 1.66. The van der Waals surface area contributed by atoms with Crippen LogP contribution >= 0.6 is 0 Å². The Kier molecular flexibility index (Phi) is 4.11. The van der Waals surface area contributed by atoms with E-state index in [4.69, 9.17) is 9.72 Å². The maximum atomic E-state index is 12.1. The number of benzene rings is 1. The lowest BCUT2D eigenvalue weighted by Gasteiger charge is -2.41. The predicted octanol–water partition coefficient (Wildman–Crippen LogP) is 2.90. The third-order valence-corrected chi connectivity index (χ3v) is 4.43. The highest BCUT2D eigenvalue weighted by atomic mass is 16.5. The fraction of sp³-hybridized carbons (Fsp3) is 0.474. The van der Waals surface area contributed by atoms with E-state index in [1.807, 2.05) is 39.0 Å². The van der Waals surface area contributed by atoms with Crippen LogP contribution in [0.2, 0.25) is 0 Å². The highest BCUT2D eigenvalue weighted by Crippen LogP contribution is 2.28. The van der Waals surface area contributed by atoms with Crippen LogP contribution in [0.5, 0.6) is 5.75 Å². The smallest absolute Gasteiger partial charge is 0.225 e. The van der Waals surface area contributed by atoms with Crippen LogP contribution < -0.4 is 15.0 Å². The molecule has 5 heteroatoms. The number of carbonyl (C=O) groups is 1. The quantitative estimate of drug-likeness (QED) is 0.942. The Morgan fingerprint density at radius 2 is 2.00 bits per heavy atom. The van der Waals surface area contributed by atoms with E-state index >= 15 is 0 Å². The van der Waals surface area contributed by atoms with Gasteiger partial charge in [-0.05, 0) is 30.7 Å². The molecule has 1 aliphatic rings. The molecule has 128 valence electrons. The molecule has 0 radical (unpaired) electrons. The van der Waals surface area contributed by atoms with Crippen molar-refractivity contribution in [2.75, 3.05) is 25.1 Å². The van der Waals surface area contributed by atoms with Gasteiger partial charge in [0, 0.05) is 30.0 Å². The fourth-order valence-electron chi connectivity index (χ4n) is 2.81. The molecule has 0 unspecified atom stereocenters. The highest BCUT2D eigenvalue weighted by Gasteiger charge is 2.32. The van der Waals surface area contributed by atoms with Crippen LogP contribution in [0.4, 0.5) is 5.82 Å². The summed E-state index contributed by atoms with van der Waals surface area (Å²) >= 11 is 0. The molecule has 1 aromatic carbocycles. The molecular formula is C19H25N3O2. The number of pyridine rings is 1. The van der Waals surface area contributed by atoms with Gasteiger partial charge in [0.2, 0.25) is 5.91 Å². The second-order valence-corrected chi connectivity index (χ2v) is 7.51. The van der Waals surface area contributed by atoms with Crippen molar-refractivity contribution in [3.63, 3.8) is 0 Å². The van der Waals surface area contributed by atoms with Crippen molar-refractivity contribution < 1.29 is 9.53 Å². The van der Waals surface area contributed by atoms with Gasteiger partial charge in [0.25, 0.3) is 0 Å². The molecule has 2 aromatic rings. The molecular weight excluding hydrogens is 302 g/mol. The zero-order chi connectivity index (χ0) is 17.5. The summed E-state index contributed by atoms with van der Waals surface area (Å²) in [5, 5.41) is 4.23. The van der Waals surface area contributed by atoms with Crippen molar-refractivity contribution in [3.05, 3.63) is 29.8 Å². The van der Waals surface area contributed by atoms with E-state index in [1.165, 1.54) is 5.56 Å². The van der Waals surface area contributed by atoms with Crippen LogP contribution in [0.15, 0.2) is 24.3 Å². The van der Waals surface area contributed by atoms with Gasteiger partial charge in [0.1, 0.15) is 11.6 Å².